The van der Waals surface area contributed by atoms with Crippen LogP contribution in [0.5, 0.6) is 0 Å². The van der Waals surface area contributed by atoms with Gasteiger partial charge in [0.15, 0.2) is 12.1 Å². The molecular weight excluding hydrogens is 387 g/mol. The predicted molar refractivity (Wildman–Crippen MR) is 75.9 cm³/mol. The molecule has 0 unspecified atom stereocenters. The van der Waals surface area contributed by atoms with E-state index in [2.05, 4.69) is 9.50 Å². The summed E-state index contributed by atoms with van der Waals surface area (Å²) in [7, 11) is -5.82. The lowest BCUT2D eigenvalue weighted by molar-refractivity contribution is -0.206. The number of ether oxygens (including phenoxy) is 4. The molecule has 0 saturated carbocycles. The summed E-state index contributed by atoms with van der Waals surface area (Å²) >= 11 is 0. The predicted octanol–water partition coefficient (Wildman–Crippen LogP) is 0.00270. The van der Waals surface area contributed by atoms with E-state index in [-0.39, 0.29) is 6.61 Å². The van der Waals surface area contributed by atoms with Gasteiger partial charge in [-0.15, -0.1) is 0 Å². The molecule has 150 valence electrons. The molecule has 3 saturated heterocycles. The van der Waals surface area contributed by atoms with Crippen LogP contribution in [0.4, 0.5) is 13.2 Å². The maximum Gasteiger partial charge on any atom is 0.523 e. The van der Waals surface area contributed by atoms with E-state index in [0.29, 0.717) is 0 Å². The Bertz CT molecular complexity index is 696. The molecule has 0 aromatic heterocycles. The number of amides is 1. The van der Waals surface area contributed by atoms with Crippen molar-refractivity contribution >= 4 is 16.0 Å². The summed E-state index contributed by atoms with van der Waals surface area (Å²) in [5.41, 5.74) is -7.20. The highest BCUT2D eigenvalue weighted by Crippen LogP contribution is 2.46. The fourth-order valence-corrected chi connectivity index (χ4v) is 3.74. The number of hydrogen-bond acceptors (Lipinski definition) is 8. The van der Waals surface area contributed by atoms with Crippen molar-refractivity contribution in [3.8, 4) is 0 Å². The second-order valence-electron chi connectivity index (χ2n) is 6.77. The first-order valence-corrected chi connectivity index (χ1v) is 9.05. The van der Waals surface area contributed by atoms with E-state index in [4.69, 9.17) is 18.9 Å². The summed E-state index contributed by atoms with van der Waals surface area (Å²) in [6.07, 6.45) is -2.89. The number of halogens is 3. The van der Waals surface area contributed by atoms with E-state index in [9.17, 15) is 26.4 Å². The third kappa shape index (κ3) is 3.31. The molecule has 3 rings (SSSR count). The van der Waals surface area contributed by atoms with Gasteiger partial charge in [-0.05, 0) is 13.8 Å². The lowest BCUT2D eigenvalue weighted by atomic mass is 9.88. The summed E-state index contributed by atoms with van der Waals surface area (Å²) in [5, 5.41) is 2.60. The first kappa shape index (κ1) is 19.8. The Balaban J connectivity index is 1.86. The van der Waals surface area contributed by atoms with Crippen LogP contribution in [0.15, 0.2) is 0 Å². The number of carbonyl (C=O) groups is 1. The SMILES string of the molecule is CC(=O)N[C@H]1[C@H]2OC[C@](COS(=O)(=O)C(F)(F)F)(O2)[C@@H]2OC(C)(C)O[C@H]12. The molecule has 0 aromatic rings. The average Bonchev–Trinajstić information content (AvgIpc) is 3.01. The van der Waals surface area contributed by atoms with Crippen molar-refractivity contribution in [2.75, 3.05) is 13.2 Å². The third-order valence-electron chi connectivity index (χ3n) is 4.25. The van der Waals surface area contributed by atoms with Gasteiger partial charge < -0.3 is 24.3 Å². The van der Waals surface area contributed by atoms with Gasteiger partial charge in [0.05, 0.1) is 6.61 Å². The minimum absolute atomic E-state index is 0.290. The molecule has 3 fully saturated rings. The Labute approximate surface area is 147 Å². The van der Waals surface area contributed by atoms with Crippen molar-refractivity contribution in [3.63, 3.8) is 0 Å². The zero-order chi connectivity index (χ0) is 19.5. The third-order valence-corrected chi connectivity index (χ3v) is 5.24. The van der Waals surface area contributed by atoms with E-state index in [1.165, 1.54) is 6.92 Å². The van der Waals surface area contributed by atoms with Crippen molar-refractivity contribution in [3.05, 3.63) is 0 Å². The zero-order valence-corrected chi connectivity index (χ0v) is 14.8. The van der Waals surface area contributed by atoms with Crippen LogP contribution in [0.25, 0.3) is 0 Å². The molecule has 1 amide bonds. The summed E-state index contributed by atoms with van der Waals surface area (Å²) in [4.78, 5) is 11.4. The highest BCUT2D eigenvalue weighted by atomic mass is 32.2. The lowest BCUT2D eigenvalue weighted by Crippen LogP contribution is -2.65. The highest BCUT2D eigenvalue weighted by molar-refractivity contribution is 7.87. The number of hydrogen-bond donors (Lipinski definition) is 1. The van der Waals surface area contributed by atoms with Gasteiger partial charge in [0.25, 0.3) is 0 Å². The molecule has 2 bridgehead atoms. The highest BCUT2D eigenvalue weighted by Gasteiger charge is 2.67. The van der Waals surface area contributed by atoms with Crippen molar-refractivity contribution in [2.24, 2.45) is 0 Å². The maximum absolute atomic E-state index is 12.5. The topological polar surface area (TPSA) is 109 Å². The minimum atomic E-state index is -5.82. The molecule has 0 radical (unpaired) electrons. The van der Waals surface area contributed by atoms with E-state index < -0.39 is 64.1 Å². The van der Waals surface area contributed by atoms with E-state index in [0.717, 1.165) is 0 Å². The van der Waals surface area contributed by atoms with Crippen LogP contribution in [0, 0.1) is 0 Å². The van der Waals surface area contributed by atoms with Crippen molar-refractivity contribution in [1.29, 1.82) is 0 Å². The Morgan fingerprint density at radius 1 is 1.27 bits per heavy atom. The first-order chi connectivity index (χ1) is 11.8. The normalized spacial score (nSPS) is 38.8. The van der Waals surface area contributed by atoms with Gasteiger partial charge in [-0.1, -0.05) is 0 Å². The molecule has 13 heteroatoms. The Morgan fingerprint density at radius 3 is 2.50 bits per heavy atom. The van der Waals surface area contributed by atoms with E-state index in [1.807, 2.05) is 0 Å². The Hall–Kier alpha value is -0.990. The Kier molecular flexibility index (Phi) is 4.56. The number of rotatable bonds is 4. The molecule has 1 N–H and O–H groups in total. The zero-order valence-electron chi connectivity index (χ0n) is 14.0. The largest absolute Gasteiger partial charge is 0.523 e. The molecule has 3 heterocycles. The van der Waals surface area contributed by atoms with Crippen molar-refractivity contribution < 1.29 is 49.5 Å². The van der Waals surface area contributed by atoms with Gasteiger partial charge in [-0.3, -0.25) is 8.98 Å². The second kappa shape index (κ2) is 6.01. The average molecular weight is 405 g/mol. The molecular formula is C13H18F3NO8S. The van der Waals surface area contributed by atoms with Crippen LogP contribution in [-0.4, -0.2) is 69.0 Å². The first-order valence-electron chi connectivity index (χ1n) is 7.64. The van der Waals surface area contributed by atoms with Crippen molar-refractivity contribution in [1.82, 2.24) is 5.32 Å². The van der Waals surface area contributed by atoms with Gasteiger partial charge in [-0.25, -0.2) is 0 Å². The van der Waals surface area contributed by atoms with Crippen LogP contribution < -0.4 is 5.32 Å². The molecule has 0 aliphatic carbocycles. The molecule has 0 spiro atoms. The number of carbonyl (C=O) groups excluding carboxylic acids is 1. The van der Waals surface area contributed by atoms with Crippen LogP contribution in [0.1, 0.15) is 20.8 Å². The fourth-order valence-electron chi connectivity index (χ4n) is 3.25. The monoisotopic (exact) mass is 405 g/mol. The van der Waals surface area contributed by atoms with Crippen LogP contribution in [0.2, 0.25) is 0 Å². The van der Waals surface area contributed by atoms with Crippen LogP contribution in [-0.2, 0) is 38.0 Å². The summed E-state index contributed by atoms with van der Waals surface area (Å²) in [6.45, 7) is 3.16. The van der Waals surface area contributed by atoms with Gasteiger partial charge in [-0.2, -0.15) is 21.6 Å². The molecule has 0 aromatic carbocycles. The number of alkyl halides is 3. The fraction of sp³-hybridized carbons (Fsp3) is 0.923. The molecule has 3 aliphatic heterocycles. The summed E-state index contributed by atoms with van der Waals surface area (Å²) in [6, 6.07) is -0.783. The number of nitrogens with one attached hydrogen (secondary N) is 1. The van der Waals surface area contributed by atoms with Gasteiger partial charge >= 0.3 is 15.6 Å². The van der Waals surface area contributed by atoms with E-state index >= 15 is 0 Å². The minimum Gasteiger partial charge on any atom is -0.347 e. The van der Waals surface area contributed by atoms with Gasteiger partial charge in [0, 0.05) is 6.92 Å². The van der Waals surface area contributed by atoms with Crippen LogP contribution >= 0.6 is 0 Å². The van der Waals surface area contributed by atoms with Crippen LogP contribution in [0.3, 0.4) is 0 Å². The molecule has 5 atom stereocenters. The molecule has 9 nitrogen and oxygen atoms in total. The molecule has 26 heavy (non-hydrogen) atoms. The smallest absolute Gasteiger partial charge is 0.347 e. The Morgan fingerprint density at radius 2 is 1.92 bits per heavy atom. The number of fused-ring (bicyclic) bond motifs is 4. The second-order valence-corrected chi connectivity index (χ2v) is 8.38. The van der Waals surface area contributed by atoms with E-state index in [1.54, 1.807) is 13.8 Å². The summed E-state index contributed by atoms with van der Waals surface area (Å²) in [5.74, 6) is -1.53. The standard InChI is InChI=1S/C13H18F3NO8S/c1-6(18)17-7-8-9(24-11(2,3)23-8)12(4-21-10(7)25-12)5-22-26(19,20)13(14,15)16/h7-10H,4-5H2,1-3H3,(H,17,18)/t7-,8-,9-,10+,12-/m1/s1. The van der Waals surface area contributed by atoms with Crippen molar-refractivity contribution in [2.45, 2.75) is 62.2 Å². The van der Waals surface area contributed by atoms with Gasteiger partial charge in [0.2, 0.25) is 5.91 Å². The summed E-state index contributed by atoms with van der Waals surface area (Å²) < 4.78 is 86.7. The maximum atomic E-state index is 12.5. The lowest BCUT2D eigenvalue weighted by Gasteiger charge is -2.41. The quantitative estimate of drug-likeness (QED) is 0.514. The van der Waals surface area contributed by atoms with Gasteiger partial charge in [0.1, 0.15) is 30.5 Å². The molecule has 3 aliphatic rings.